The fourth-order valence-electron chi connectivity index (χ4n) is 0.617. The molecule has 0 aliphatic rings. The Bertz CT molecular complexity index is 272. The van der Waals surface area contributed by atoms with E-state index in [1.807, 2.05) is 0 Å². The molecule has 0 saturated carbocycles. The maximum absolute atomic E-state index is 11.6. The van der Waals surface area contributed by atoms with Crippen molar-refractivity contribution in [1.82, 2.24) is 0 Å². The minimum absolute atomic E-state index is 0.000681. The van der Waals surface area contributed by atoms with Gasteiger partial charge >= 0.3 is 7.82 Å². The third-order valence-corrected chi connectivity index (χ3v) is 4.13. The van der Waals surface area contributed by atoms with Gasteiger partial charge in [0.25, 0.3) is 0 Å². The van der Waals surface area contributed by atoms with Gasteiger partial charge in [-0.15, -0.1) is 0 Å². The number of rotatable bonds is 8. The van der Waals surface area contributed by atoms with Crippen molar-refractivity contribution < 1.29 is 22.7 Å². The molecule has 0 radical (unpaired) electrons. The molecule has 0 spiro atoms. The summed E-state index contributed by atoms with van der Waals surface area (Å²) in [7, 11) is -2.54. The van der Waals surface area contributed by atoms with Crippen molar-refractivity contribution in [3.8, 4) is 0 Å². The van der Waals surface area contributed by atoms with Crippen LogP contribution in [0.15, 0.2) is 10.8 Å². The molecule has 0 aliphatic carbocycles. The summed E-state index contributed by atoms with van der Waals surface area (Å²) in [6.45, 7) is 1.78. The smallest absolute Gasteiger partial charge is 0.529 e. The maximum Gasteiger partial charge on any atom is 0.529 e. The fourth-order valence-corrected chi connectivity index (χ4v) is 2.31. The lowest BCUT2D eigenvalue weighted by atomic mass is 10.9. The predicted octanol–water partition coefficient (Wildman–Crippen LogP) is 2.82. The van der Waals surface area contributed by atoms with Crippen molar-refractivity contribution in [3.05, 3.63) is 10.8 Å². The van der Waals surface area contributed by atoms with E-state index in [0.717, 1.165) is 13.4 Å². The first-order valence-electron chi connectivity index (χ1n) is 4.28. The van der Waals surface area contributed by atoms with Crippen LogP contribution in [0.4, 0.5) is 0 Å². The second-order valence-corrected chi connectivity index (χ2v) is 7.01. The zero-order chi connectivity index (χ0) is 12.6. The normalized spacial score (nSPS) is 16.3. The summed E-state index contributed by atoms with van der Waals surface area (Å²) in [6.07, 6.45) is 0.851. The summed E-state index contributed by atoms with van der Waals surface area (Å²) in [5.41, 5.74) is 0. The second-order valence-electron chi connectivity index (χ2n) is 2.41. The first-order chi connectivity index (χ1) is 7.43. The van der Waals surface area contributed by atoms with Gasteiger partial charge in [0.15, 0.2) is 0 Å². The van der Waals surface area contributed by atoms with E-state index in [-0.39, 0.29) is 16.9 Å². The number of phosphoric ester groups is 1. The van der Waals surface area contributed by atoms with Crippen LogP contribution in [-0.4, -0.2) is 29.8 Å². The monoisotopic (exact) mass is 310 g/mol. The van der Waals surface area contributed by atoms with E-state index in [1.165, 1.54) is 0 Å². The van der Waals surface area contributed by atoms with Gasteiger partial charge in [-0.25, -0.2) is 4.57 Å². The van der Waals surface area contributed by atoms with Gasteiger partial charge in [0.2, 0.25) is 0 Å². The Hall–Kier alpha value is 0.580. The lowest BCUT2D eigenvalue weighted by molar-refractivity contribution is 0.173. The molecule has 96 valence electrons. The van der Waals surface area contributed by atoms with E-state index in [0.29, 0.717) is 5.75 Å². The standard InChI is InChI=1S/C7H13Cl2O5PS/c1-3-16(11)5-4-13-15(10,12-2)14-6-7(8)9/h6H,3-5H2,1-2H3. The molecule has 2 atom stereocenters. The van der Waals surface area contributed by atoms with Gasteiger partial charge in [-0.2, -0.15) is 0 Å². The molecule has 2 unspecified atom stereocenters. The van der Waals surface area contributed by atoms with Crippen molar-refractivity contribution >= 4 is 42.2 Å². The lowest BCUT2D eigenvalue weighted by Crippen LogP contribution is -2.13. The van der Waals surface area contributed by atoms with Gasteiger partial charge in [-0.05, 0) is 6.92 Å². The minimum Gasteiger partial charge on any atom is -0.616 e. The van der Waals surface area contributed by atoms with Crippen LogP contribution in [0.3, 0.4) is 0 Å². The molecule has 16 heavy (non-hydrogen) atoms. The van der Waals surface area contributed by atoms with Crippen molar-refractivity contribution in [3.63, 3.8) is 0 Å². The molecule has 0 N–H and O–H groups in total. The molecule has 0 bridgehead atoms. The van der Waals surface area contributed by atoms with Gasteiger partial charge in [0.1, 0.15) is 28.9 Å². The van der Waals surface area contributed by atoms with Gasteiger partial charge in [-0.3, -0.25) is 9.05 Å². The Morgan fingerprint density at radius 3 is 2.62 bits per heavy atom. The molecule has 0 rings (SSSR count). The van der Waals surface area contributed by atoms with E-state index in [9.17, 15) is 9.12 Å². The van der Waals surface area contributed by atoms with E-state index in [1.54, 1.807) is 6.92 Å². The van der Waals surface area contributed by atoms with E-state index >= 15 is 0 Å². The Balaban J connectivity index is 4.07. The van der Waals surface area contributed by atoms with Crippen molar-refractivity contribution in [1.29, 1.82) is 0 Å². The summed E-state index contributed by atoms with van der Waals surface area (Å²) in [5, 5.41) is 0. The summed E-state index contributed by atoms with van der Waals surface area (Å²) in [4.78, 5) is 0. The van der Waals surface area contributed by atoms with Crippen LogP contribution in [0.5, 0.6) is 0 Å². The third-order valence-electron chi connectivity index (χ3n) is 1.38. The van der Waals surface area contributed by atoms with Crippen LogP contribution >= 0.6 is 31.0 Å². The molecule has 0 aromatic heterocycles. The highest BCUT2D eigenvalue weighted by Crippen LogP contribution is 2.49. The predicted molar refractivity (Wildman–Crippen MR) is 65.0 cm³/mol. The molecule has 9 heteroatoms. The molecule has 0 aliphatic heterocycles. The average Bonchev–Trinajstić information content (AvgIpc) is 2.26. The van der Waals surface area contributed by atoms with Crippen molar-refractivity contribution in [2.45, 2.75) is 6.92 Å². The highest BCUT2D eigenvalue weighted by atomic mass is 35.5. The molecule has 0 fully saturated rings. The van der Waals surface area contributed by atoms with Crippen molar-refractivity contribution in [2.75, 3.05) is 25.2 Å². The maximum atomic E-state index is 11.6. The highest BCUT2D eigenvalue weighted by molar-refractivity contribution is 7.91. The topological polar surface area (TPSA) is 67.8 Å². The number of hydrogen-bond donors (Lipinski definition) is 0. The summed E-state index contributed by atoms with van der Waals surface area (Å²) in [5.74, 6) is 0.764. The van der Waals surface area contributed by atoms with E-state index in [2.05, 4.69) is 9.05 Å². The molecular weight excluding hydrogens is 298 g/mol. The van der Waals surface area contributed by atoms with Crippen LogP contribution < -0.4 is 0 Å². The lowest BCUT2D eigenvalue weighted by Gasteiger charge is -2.14. The zero-order valence-electron chi connectivity index (χ0n) is 8.85. The molecule has 0 heterocycles. The number of halogens is 2. The van der Waals surface area contributed by atoms with Crippen LogP contribution in [-0.2, 0) is 29.3 Å². The third kappa shape index (κ3) is 7.79. The van der Waals surface area contributed by atoms with Gasteiger partial charge in [0.05, 0.1) is 0 Å². The Kier molecular flexibility index (Phi) is 8.95. The SMILES string of the molecule is CC[S+]([O-])CCOP(=O)(OC)OC=C(Cl)Cl. The zero-order valence-corrected chi connectivity index (χ0v) is 12.1. The van der Waals surface area contributed by atoms with Crippen LogP contribution in [0, 0.1) is 0 Å². The quantitative estimate of drug-likeness (QED) is 0.392. The fraction of sp³-hybridized carbons (Fsp3) is 0.714. The Morgan fingerprint density at radius 1 is 1.56 bits per heavy atom. The average molecular weight is 311 g/mol. The molecule has 0 saturated heterocycles. The van der Waals surface area contributed by atoms with Crippen LogP contribution in [0.1, 0.15) is 6.92 Å². The number of phosphoric acid groups is 1. The first-order valence-corrected chi connectivity index (χ1v) is 7.99. The van der Waals surface area contributed by atoms with E-state index < -0.39 is 19.0 Å². The van der Waals surface area contributed by atoms with Crippen LogP contribution in [0.2, 0.25) is 0 Å². The van der Waals surface area contributed by atoms with Crippen LogP contribution in [0.25, 0.3) is 0 Å². The molecule has 0 aromatic rings. The number of hydrogen-bond acceptors (Lipinski definition) is 5. The minimum atomic E-state index is -3.70. The Labute approximate surface area is 108 Å². The highest BCUT2D eigenvalue weighted by Gasteiger charge is 2.25. The Morgan fingerprint density at radius 2 is 2.19 bits per heavy atom. The summed E-state index contributed by atoms with van der Waals surface area (Å²) < 4.78 is 36.5. The molecule has 0 aromatic carbocycles. The first kappa shape index (κ1) is 16.6. The largest absolute Gasteiger partial charge is 0.616 e. The summed E-state index contributed by atoms with van der Waals surface area (Å²) in [6, 6.07) is 0. The summed E-state index contributed by atoms with van der Waals surface area (Å²) >= 11 is 9.54. The molecule has 5 nitrogen and oxygen atoms in total. The van der Waals surface area contributed by atoms with Crippen molar-refractivity contribution in [2.24, 2.45) is 0 Å². The molecular formula is C7H13Cl2O5PS. The van der Waals surface area contributed by atoms with Gasteiger partial charge < -0.3 is 9.08 Å². The van der Waals surface area contributed by atoms with Gasteiger partial charge in [0, 0.05) is 7.11 Å². The van der Waals surface area contributed by atoms with E-state index in [4.69, 9.17) is 27.7 Å². The molecule has 0 amide bonds. The van der Waals surface area contributed by atoms with Gasteiger partial charge in [-0.1, -0.05) is 34.4 Å². The second kappa shape index (κ2) is 8.64.